The largest absolute Gasteiger partial charge is 0.370 e. The van der Waals surface area contributed by atoms with E-state index < -0.39 is 0 Å². The van der Waals surface area contributed by atoms with Gasteiger partial charge in [-0.15, -0.1) is 11.3 Å². The summed E-state index contributed by atoms with van der Waals surface area (Å²) in [5, 5.41) is 4.98. The van der Waals surface area contributed by atoms with Crippen LogP contribution in [0, 0.1) is 0 Å². The standard InChI is InChI=1S/C12H15NO2S/c1-8(14)13-6-10-11-9(2-5-16-11)12(3-4-12)7-15-10/h2,5,10H,3-4,6-7H2,1H3,(H,13,14). The number of rotatable bonds is 2. The molecule has 1 aliphatic carbocycles. The van der Waals surface area contributed by atoms with E-state index in [1.165, 1.54) is 23.3 Å². The molecule has 1 fully saturated rings. The molecule has 3 nitrogen and oxygen atoms in total. The van der Waals surface area contributed by atoms with E-state index in [4.69, 9.17) is 4.74 Å². The number of hydrogen-bond donors (Lipinski definition) is 1. The molecule has 1 aliphatic heterocycles. The fourth-order valence-electron chi connectivity index (χ4n) is 2.37. The van der Waals surface area contributed by atoms with Crippen LogP contribution < -0.4 is 5.32 Å². The number of amides is 1. The van der Waals surface area contributed by atoms with Crippen LogP contribution in [0.5, 0.6) is 0 Å². The third-order valence-corrected chi connectivity index (χ3v) is 4.52. The zero-order chi connectivity index (χ0) is 11.2. The summed E-state index contributed by atoms with van der Waals surface area (Å²) in [7, 11) is 0. The van der Waals surface area contributed by atoms with Crippen LogP contribution in [0.1, 0.15) is 36.3 Å². The molecule has 16 heavy (non-hydrogen) atoms. The van der Waals surface area contributed by atoms with Crippen LogP contribution in [-0.4, -0.2) is 19.1 Å². The molecule has 1 atom stereocenters. The second-order valence-electron chi connectivity index (χ2n) is 4.72. The molecule has 0 aromatic carbocycles. The molecule has 0 radical (unpaired) electrons. The molecule has 0 bridgehead atoms. The Balaban J connectivity index is 1.81. The minimum Gasteiger partial charge on any atom is -0.370 e. The van der Waals surface area contributed by atoms with Gasteiger partial charge in [-0.3, -0.25) is 4.79 Å². The first-order valence-electron chi connectivity index (χ1n) is 5.65. The fourth-order valence-corrected chi connectivity index (χ4v) is 3.44. The van der Waals surface area contributed by atoms with Crippen molar-refractivity contribution in [3.8, 4) is 0 Å². The average molecular weight is 237 g/mol. The lowest BCUT2D eigenvalue weighted by molar-refractivity contribution is -0.119. The highest BCUT2D eigenvalue weighted by Crippen LogP contribution is 2.55. The second-order valence-corrected chi connectivity index (χ2v) is 5.66. The van der Waals surface area contributed by atoms with E-state index >= 15 is 0 Å². The molecular formula is C12H15NO2S. The SMILES string of the molecule is CC(=O)NCC1OCC2(CC2)c2ccsc21. The summed E-state index contributed by atoms with van der Waals surface area (Å²) in [6.07, 6.45) is 2.57. The van der Waals surface area contributed by atoms with Crippen LogP contribution in [-0.2, 0) is 14.9 Å². The van der Waals surface area contributed by atoms with Gasteiger partial charge in [0.25, 0.3) is 0 Å². The molecule has 86 valence electrons. The number of carbonyl (C=O) groups excluding carboxylic acids is 1. The van der Waals surface area contributed by atoms with Crippen LogP contribution in [0.4, 0.5) is 0 Å². The molecule has 0 saturated heterocycles. The van der Waals surface area contributed by atoms with Crippen LogP contribution in [0.2, 0.25) is 0 Å². The van der Waals surface area contributed by atoms with Crippen molar-refractivity contribution in [1.82, 2.24) is 5.32 Å². The molecule has 2 heterocycles. The second kappa shape index (κ2) is 3.57. The average Bonchev–Trinajstić information content (AvgIpc) is 2.84. The Bertz CT molecular complexity index is 422. The molecule has 1 aromatic heterocycles. The van der Waals surface area contributed by atoms with E-state index in [0.717, 1.165) is 6.61 Å². The highest BCUT2D eigenvalue weighted by Gasteiger charge is 2.50. The molecule has 2 aliphatic rings. The Labute approximate surface area is 98.8 Å². The number of nitrogens with one attached hydrogen (secondary N) is 1. The predicted octanol–water partition coefficient (Wildman–Crippen LogP) is 1.99. The van der Waals surface area contributed by atoms with Crippen molar-refractivity contribution < 1.29 is 9.53 Å². The number of ether oxygens (including phenoxy) is 1. The van der Waals surface area contributed by atoms with Crippen molar-refractivity contribution in [3.63, 3.8) is 0 Å². The number of fused-ring (bicyclic) bond motifs is 2. The number of carbonyl (C=O) groups is 1. The lowest BCUT2D eigenvalue weighted by Gasteiger charge is -2.29. The van der Waals surface area contributed by atoms with Crippen LogP contribution in [0.25, 0.3) is 0 Å². The highest BCUT2D eigenvalue weighted by atomic mass is 32.1. The Kier molecular flexibility index (Phi) is 2.30. The summed E-state index contributed by atoms with van der Waals surface area (Å²) in [6, 6.07) is 2.23. The van der Waals surface area contributed by atoms with Crippen molar-refractivity contribution >= 4 is 17.2 Å². The zero-order valence-electron chi connectivity index (χ0n) is 9.29. The van der Waals surface area contributed by atoms with Gasteiger partial charge in [-0.2, -0.15) is 0 Å². The topological polar surface area (TPSA) is 38.3 Å². The molecule has 1 unspecified atom stereocenters. The number of thiophene rings is 1. The summed E-state index contributed by atoms with van der Waals surface area (Å²) in [5.41, 5.74) is 1.81. The Morgan fingerprint density at radius 3 is 3.19 bits per heavy atom. The van der Waals surface area contributed by atoms with Gasteiger partial charge in [-0.1, -0.05) is 0 Å². The molecule has 1 aromatic rings. The summed E-state index contributed by atoms with van der Waals surface area (Å²) >= 11 is 1.75. The molecule has 1 amide bonds. The maximum absolute atomic E-state index is 10.9. The van der Waals surface area contributed by atoms with Gasteiger partial charge in [0, 0.05) is 23.8 Å². The lowest BCUT2D eigenvalue weighted by atomic mass is 9.93. The zero-order valence-corrected chi connectivity index (χ0v) is 10.1. The molecule has 4 heteroatoms. The summed E-state index contributed by atoms with van der Waals surface area (Å²) in [5.74, 6) is 0.00779. The summed E-state index contributed by atoms with van der Waals surface area (Å²) in [4.78, 5) is 12.2. The van der Waals surface area contributed by atoms with Gasteiger partial charge < -0.3 is 10.1 Å². The van der Waals surface area contributed by atoms with Crippen molar-refractivity contribution in [2.24, 2.45) is 0 Å². The first kappa shape index (κ1) is 10.3. The monoisotopic (exact) mass is 237 g/mol. The van der Waals surface area contributed by atoms with Gasteiger partial charge in [0.1, 0.15) is 6.10 Å². The van der Waals surface area contributed by atoms with E-state index in [2.05, 4.69) is 16.8 Å². The van der Waals surface area contributed by atoms with Crippen molar-refractivity contribution in [2.75, 3.05) is 13.2 Å². The van der Waals surface area contributed by atoms with Crippen molar-refractivity contribution in [2.45, 2.75) is 31.3 Å². The van der Waals surface area contributed by atoms with Crippen LogP contribution in [0.15, 0.2) is 11.4 Å². The van der Waals surface area contributed by atoms with Crippen molar-refractivity contribution in [3.05, 3.63) is 21.9 Å². The maximum atomic E-state index is 10.9. The number of hydrogen-bond acceptors (Lipinski definition) is 3. The smallest absolute Gasteiger partial charge is 0.216 e. The van der Waals surface area contributed by atoms with Gasteiger partial charge in [0.15, 0.2) is 0 Å². The third-order valence-electron chi connectivity index (χ3n) is 3.51. The fraction of sp³-hybridized carbons (Fsp3) is 0.583. The molecular weight excluding hydrogens is 222 g/mol. The maximum Gasteiger partial charge on any atom is 0.216 e. The van der Waals surface area contributed by atoms with Gasteiger partial charge in [0.05, 0.1) is 6.61 Å². The first-order valence-corrected chi connectivity index (χ1v) is 6.53. The van der Waals surface area contributed by atoms with Crippen molar-refractivity contribution in [1.29, 1.82) is 0 Å². The van der Waals surface area contributed by atoms with Gasteiger partial charge in [-0.05, 0) is 29.9 Å². The lowest BCUT2D eigenvalue weighted by Crippen LogP contribution is -2.33. The highest BCUT2D eigenvalue weighted by molar-refractivity contribution is 7.10. The molecule has 3 rings (SSSR count). The molecule has 1 spiro atoms. The van der Waals surface area contributed by atoms with E-state index in [-0.39, 0.29) is 12.0 Å². The summed E-state index contributed by atoms with van der Waals surface area (Å²) < 4.78 is 5.89. The normalized spacial score (nSPS) is 25.2. The Hall–Kier alpha value is -0.870. The Morgan fingerprint density at radius 1 is 1.69 bits per heavy atom. The molecule has 1 saturated carbocycles. The van der Waals surface area contributed by atoms with E-state index in [1.807, 2.05) is 0 Å². The van der Waals surface area contributed by atoms with E-state index in [9.17, 15) is 4.79 Å². The van der Waals surface area contributed by atoms with Crippen LogP contribution in [0.3, 0.4) is 0 Å². The van der Waals surface area contributed by atoms with Gasteiger partial charge >= 0.3 is 0 Å². The van der Waals surface area contributed by atoms with Crippen LogP contribution >= 0.6 is 11.3 Å². The third kappa shape index (κ3) is 1.57. The Morgan fingerprint density at radius 2 is 2.50 bits per heavy atom. The van der Waals surface area contributed by atoms with E-state index in [0.29, 0.717) is 12.0 Å². The minimum absolute atomic E-state index is 0.00779. The van der Waals surface area contributed by atoms with E-state index in [1.54, 1.807) is 18.3 Å². The van der Waals surface area contributed by atoms with Gasteiger partial charge in [-0.25, -0.2) is 0 Å². The summed E-state index contributed by atoms with van der Waals surface area (Å²) in [6.45, 7) is 2.96. The first-order chi connectivity index (χ1) is 7.71. The van der Waals surface area contributed by atoms with Gasteiger partial charge in [0.2, 0.25) is 5.91 Å². The predicted molar refractivity (Wildman–Crippen MR) is 62.6 cm³/mol. The molecule has 1 N–H and O–H groups in total. The minimum atomic E-state index is 0.00779. The quantitative estimate of drug-likeness (QED) is 0.854.